The van der Waals surface area contributed by atoms with E-state index < -0.39 is 0 Å². The van der Waals surface area contributed by atoms with E-state index in [-0.39, 0.29) is 11.5 Å². The number of hydrogen-bond donors (Lipinski definition) is 1. The zero-order valence-electron chi connectivity index (χ0n) is 10.9. The Bertz CT molecular complexity index is 684. The summed E-state index contributed by atoms with van der Waals surface area (Å²) < 4.78 is 1.79. The van der Waals surface area contributed by atoms with Gasteiger partial charge in [0.05, 0.1) is 6.54 Å². The topological polar surface area (TPSA) is 42.2 Å². The van der Waals surface area contributed by atoms with Crippen LogP contribution in [0.1, 0.15) is 21.7 Å². The zero-order valence-corrected chi connectivity index (χ0v) is 11.8. The van der Waals surface area contributed by atoms with Crippen molar-refractivity contribution < 1.29 is 5.11 Å². The van der Waals surface area contributed by atoms with E-state index in [9.17, 15) is 4.79 Å². The summed E-state index contributed by atoms with van der Waals surface area (Å²) in [5, 5.41) is 8.63. The Morgan fingerprint density at radius 2 is 1.95 bits per heavy atom. The second-order valence-corrected chi connectivity index (χ2v) is 5.42. The van der Waals surface area contributed by atoms with Crippen molar-refractivity contribution in [3.63, 3.8) is 0 Å². The fourth-order valence-electron chi connectivity index (χ4n) is 1.79. The van der Waals surface area contributed by atoms with Crippen LogP contribution in [0.3, 0.4) is 0 Å². The van der Waals surface area contributed by atoms with Crippen LogP contribution in [0.2, 0.25) is 0 Å². The molecule has 4 heteroatoms. The first-order chi connectivity index (χ1) is 9.11. The smallest absolute Gasteiger partial charge is 0.307 e. The van der Waals surface area contributed by atoms with Gasteiger partial charge >= 0.3 is 4.87 Å². The van der Waals surface area contributed by atoms with Crippen LogP contribution < -0.4 is 4.87 Å². The molecule has 0 fully saturated rings. The van der Waals surface area contributed by atoms with Crippen LogP contribution in [0, 0.1) is 25.7 Å². The number of thiazole rings is 1. The van der Waals surface area contributed by atoms with Gasteiger partial charge < -0.3 is 5.11 Å². The van der Waals surface area contributed by atoms with Gasteiger partial charge in [-0.15, -0.1) is 0 Å². The van der Waals surface area contributed by atoms with E-state index in [1.807, 2.05) is 38.1 Å². The molecule has 1 aromatic heterocycles. The van der Waals surface area contributed by atoms with Crippen molar-refractivity contribution in [1.82, 2.24) is 4.57 Å². The first-order valence-corrected chi connectivity index (χ1v) is 6.79. The molecule has 19 heavy (non-hydrogen) atoms. The summed E-state index contributed by atoms with van der Waals surface area (Å²) in [5.74, 6) is 5.45. The van der Waals surface area contributed by atoms with Crippen molar-refractivity contribution in [2.24, 2.45) is 0 Å². The lowest BCUT2D eigenvalue weighted by molar-refractivity contribution is 0.350. The van der Waals surface area contributed by atoms with Crippen LogP contribution in [0.5, 0.6) is 0 Å². The molecule has 98 valence electrons. The standard InChI is InChI=1S/C15H15NO2S/c1-11-12(2)19-15(18)16(11)10-14-7-5-13(6-8-14)4-3-9-17/h5-8,17H,9-10H2,1-2H3. The highest BCUT2D eigenvalue weighted by atomic mass is 32.1. The van der Waals surface area contributed by atoms with Crippen LogP contribution in [-0.2, 0) is 6.54 Å². The summed E-state index contributed by atoms with van der Waals surface area (Å²) >= 11 is 1.29. The van der Waals surface area contributed by atoms with Crippen molar-refractivity contribution in [2.75, 3.05) is 6.61 Å². The molecule has 1 N–H and O–H groups in total. The molecule has 0 spiro atoms. The van der Waals surface area contributed by atoms with E-state index in [4.69, 9.17) is 5.11 Å². The first-order valence-electron chi connectivity index (χ1n) is 5.97. The minimum absolute atomic E-state index is 0.0825. The van der Waals surface area contributed by atoms with Gasteiger partial charge in [-0.3, -0.25) is 9.36 Å². The van der Waals surface area contributed by atoms with Gasteiger partial charge in [0.2, 0.25) is 0 Å². The molecule has 0 amide bonds. The molecule has 0 atom stereocenters. The average molecular weight is 273 g/mol. The monoisotopic (exact) mass is 273 g/mol. The molecule has 1 heterocycles. The Balaban J connectivity index is 2.22. The van der Waals surface area contributed by atoms with Crippen molar-refractivity contribution in [1.29, 1.82) is 0 Å². The molecule has 3 nitrogen and oxygen atoms in total. The van der Waals surface area contributed by atoms with Crippen LogP contribution in [-0.4, -0.2) is 16.3 Å². The summed E-state index contributed by atoms with van der Waals surface area (Å²) in [5.41, 5.74) is 2.96. The first kappa shape index (κ1) is 13.6. The number of aliphatic hydroxyl groups excluding tert-OH is 1. The summed E-state index contributed by atoms with van der Waals surface area (Å²) in [6.07, 6.45) is 0. The van der Waals surface area contributed by atoms with Gasteiger partial charge in [-0.25, -0.2) is 0 Å². The van der Waals surface area contributed by atoms with E-state index in [1.54, 1.807) is 4.57 Å². The Morgan fingerprint density at radius 3 is 2.47 bits per heavy atom. The predicted molar refractivity (Wildman–Crippen MR) is 77.6 cm³/mol. The number of hydrogen-bond acceptors (Lipinski definition) is 3. The van der Waals surface area contributed by atoms with Crippen LogP contribution >= 0.6 is 11.3 Å². The second kappa shape index (κ2) is 5.87. The van der Waals surface area contributed by atoms with Crippen LogP contribution in [0.25, 0.3) is 0 Å². The highest BCUT2D eigenvalue weighted by molar-refractivity contribution is 7.09. The third-order valence-corrected chi connectivity index (χ3v) is 3.98. The minimum Gasteiger partial charge on any atom is -0.384 e. The highest BCUT2D eigenvalue weighted by Crippen LogP contribution is 2.12. The number of benzene rings is 1. The predicted octanol–water partition coefficient (Wildman–Crippen LogP) is 1.92. The second-order valence-electron chi connectivity index (χ2n) is 4.25. The van der Waals surface area contributed by atoms with Crippen LogP contribution in [0.15, 0.2) is 29.1 Å². The molecular weight excluding hydrogens is 258 g/mol. The molecule has 0 aliphatic rings. The fraction of sp³-hybridized carbons (Fsp3) is 0.267. The Kier molecular flexibility index (Phi) is 4.20. The van der Waals surface area contributed by atoms with Crippen molar-refractivity contribution in [3.05, 3.63) is 55.6 Å². The fourth-order valence-corrected chi connectivity index (χ4v) is 2.62. The lowest BCUT2D eigenvalue weighted by atomic mass is 10.1. The Labute approximate surface area is 116 Å². The summed E-state index contributed by atoms with van der Waals surface area (Å²) in [4.78, 5) is 13.0. The Hall–Kier alpha value is -1.83. The van der Waals surface area contributed by atoms with Gasteiger partial charge in [-0.1, -0.05) is 35.3 Å². The van der Waals surface area contributed by atoms with Crippen molar-refractivity contribution >= 4 is 11.3 Å². The van der Waals surface area contributed by atoms with Gasteiger partial charge in [0, 0.05) is 16.1 Å². The molecule has 0 radical (unpaired) electrons. The van der Waals surface area contributed by atoms with Gasteiger partial charge in [0.1, 0.15) is 6.61 Å². The van der Waals surface area contributed by atoms with Gasteiger partial charge in [-0.05, 0) is 31.5 Å². The summed E-state index contributed by atoms with van der Waals surface area (Å²) in [7, 11) is 0. The molecule has 0 saturated carbocycles. The number of aliphatic hydroxyl groups is 1. The zero-order chi connectivity index (χ0) is 13.8. The number of nitrogens with zero attached hydrogens (tertiary/aromatic N) is 1. The molecular formula is C15H15NO2S. The lowest BCUT2D eigenvalue weighted by Crippen LogP contribution is -2.15. The quantitative estimate of drug-likeness (QED) is 0.849. The average Bonchev–Trinajstić information content (AvgIpc) is 2.64. The molecule has 0 aliphatic carbocycles. The van der Waals surface area contributed by atoms with E-state index in [1.165, 1.54) is 11.3 Å². The SMILES string of the molecule is Cc1sc(=O)n(Cc2ccc(C#CCO)cc2)c1C. The van der Waals surface area contributed by atoms with E-state index in [0.29, 0.717) is 6.54 Å². The largest absolute Gasteiger partial charge is 0.384 e. The van der Waals surface area contributed by atoms with Crippen LogP contribution in [0.4, 0.5) is 0 Å². The van der Waals surface area contributed by atoms with E-state index in [0.717, 1.165) is 21.7 Å². The molecule has 0 bridgehead atoms. The molecule has 2 aromatic rings. The molecule has 1 aromatic carbocycles. The third-order valence-electron chi connectivity index (χ3n) is 2.98. The van der Waals surface area contributed by atoms with Gasteiger partial charge in [-0.2, -0.15) is 0 Å². The van der Waals surface area contributed by atoms with Crippen molar-refractivity contribution in [3.8, 4) is 11.8 Å². The summed E-state index contributed by atoms with van der Waals surface area (Å²) in [6, 6.07) is 7.72. The van der Waals surface area contributed by atoms with Gasteiger partial charge in [0.15, 0.2) is 0 Å². The number of aromatic nitrogens is 1. The minimum atomic E-state index is -0.134. The molecule has 0 saturated heterocycles. The van der Waals surface area contributed by atoms with Crippen molar-refractivity contribution in [2.45, 2.75) is 20.4 Å². The highest BCUT2D eigenvalue weighted by Gasteiger charge is 2.07. The maximum Gasteiger partial charge on any atom is 0.307 e. The van der Waals surface area contributed by atoms with E-state index in [2.05, 4.69) is 11.8 Å². The van der Waals surface area contributed by atoms with E-state index >= 15 is 0 Å². The number of rotatable bonds is 2. The Morgan fingerprint density at radius 1 is 1.26 bits per heavy atom. The molecule has 0 aliphatic heterocycles. The molecule has 2 rings (SSSR count). The maximum atomic E-state index is 11.8. The lowest BCUT2D eigenvalue weighted by Gasteiger charge is -2.05. The number of aryl methyl sites for hydroxylation is 1. The third kappa shape index (κ3) is 3.14. The molecule has 0 unspecified atom stereocenters. The maximum absolute atomic E-state index is 11.8. The normalized spacial score (nSPS) is 10.1. The summed E-state index contributed by atoms with van der Waals surface area (Å²) in [6.45, 7) is 4.38. The van der Waals surface area contributed by atoms with Gasteiger partial charge in [0.25, 0.3) is 0 Å².